The predicted molar refractivity (Wildman–Crippen MR) is 78.2 cm³/mol. The maximum absolute atomic E-state index is 13.7. The Balaban J connectivity index is 2.52. The minimum atomic E-state index is -0.734. The second-order valence-electron chi connectivity index (χ2n) is 5.35. The monoisotopic (exact) mass is 297 g/mol. The van der Waals surface area contributed by atoms with Gasteiger partial charge in [-0.1, -0.05) is 6.92 Å². The summed E-state index contributed by atoms with van der Waals surface area (Å²) in [6.45, 7) is 3.15. The van der Waals surface area contributed by atoms with Crippen LogP contribution in [0.4, 0.5) is 15.8 Å². The zero-order valence-electron chi connectivity index (χ0n) is 12.2. The van der Waals surface area contributed by atoms with Gasteiger partial charge in [0, 0.05) is 25.2 Å². The van der Waals surface area contributed by atoms with Gasteiger partial charge in [-0.15, -0.1) is 0 Å². The molecule has 0 saturated carbocycles. The second kappa shape index (κ2) is 6.26. The van der Waals surface area contributed by atoms with Crippen LogP contribution in [0.25, 0.3) is 0 Å². The number of hydrogen-bond acceptors (Lipinski definition) is 5. The predicted octanol–water partition coefficient (Wildman–Crippen LogP) is 2.31. The summed E-state index contributed by atoms with van der Waals surface area (Å²) in [5, 5.41) is 11.2. The van der Waals surface area contributed by atoms with Crippen molar-refractivity contribution in [2.24, 2.45) is 11.7 Å². The average Bonchev–Trinajstić information content (AvgIpc) is 2.46. The number of piperidine rings is 1. The van der Waals surface area contributed by atoms with Crippen molar-refractivity contribution in [3.05, 3.63) is 28.1 Å². The third-order valence-electron chi connectivity index (χ3n) is 4.11. The Morgan fingerprint density at radius 1 is 1.57 bits per heavy atom. The molecule has 0 bridgehead atoms. The molecule has 2 atom stereocenters. The fourth-order valence-electron chi connectivity index (χ4n) is 2.97. The number of halogens is 1. The van der Waals surface area contributed by atoms with E-state index in [4.69, 9.17) is 10.5 Å². The van der Waals surface area contributed by atoms with Crippen molar-refractivity contribution in [1.82, 2.24) is 0 Å². The van der Waals surface area contributed by atoms with Gasteiger partial charge in [0.25, 0.3) is 5.69 Å². The van der Waals surface area contributed by atoms with Crippen LogP contribution in [0.2, 0.25) is 0 Å². The molecule has 6 nitrogen and oxygen atoms in total. The molecular weight excluding hydrogens is 277 g/mol. The Labute approximate surface area is 122 Å². The van der Waals surface area contributed by atoms with Crippen LogP contribution in [-0.2, 0) is 0 Å². The first kappa shape index (κ1) is 15.5. The van der Waals surface area contributed by atoms with Crippen molar-refractivity contribution in [2.75, 3.05) is 25.1 Å². The summed E-state index contributed by atoms with van der Waals surface area (Å²) in [6, 6.07) is 2.32. The van der Waals surface area contributed by atoms with Crippen molar-refractivity contribution < 1.29 is 14.1 Å². The highest BCUT2D eigenvalue weighted by Gasteiger charge is 2.32. The lowest BCUT2D eigenvalue weighted by molar-refractivity contribution is -0.384. The van der Waals surface area contributed by atoms with Crippen LogP contribution < -0.4 is 15.4 Å². The number of nitrogens with zero attached hydrogens (tertiary/aromatic N) is 2. The Kier molecular flexibility index (Phi) is 4.62. The quantitative estimate of drug-likeness (QED) is 0.681. The second-order valence-corrected chi connectivity index (χ2v) is 5.35. The van der Waals surface area contributed by atoms with Crippen LogP contribution in [0.3, 0.4) is 0 Å². The first-order valence-corrected chi connectivity index (χ1v) is 6.98. The molecule has 2 N–H and O–H groups in total. The maximum atomic E-state index is 13.7. The number of anilines is 1. The minimum absolute atomic E-state index is 0.00426. The van der Waals surface area contributed by atoms with Crippen molar-refractivity contribution >= 4 is 11.4 Å². The Hall–Kier alpha value is -1.89. The minimum Gasteiger partial charge on any atom is -0.494 e. The van der Waals surface area contributed by atoms with Gasteiger partial charge in [-0.25, -0.2) is 4.39 Å². The number of benzene rings is 1. The number of nitrogens with two attached hydrogens (primary N) is 1. The summed E-state index contributed by atoms with van der Waals surface area (Å²) < 4.78 is 18.7. The fraction of sp³-hybridized carbons (Fsp3) is 0.571. The first-order valence-electron chi connectivity index (χ1n) is 6.98. The van der Waals surface area contributed by atoms with Crippen LogP contribution in [0.1, 0.15) is 19.8 Å². The third-order valence-corrected chi connectivity index (χ3v) is 4.11. The van der Waals surface area contributed by atoms with E-state index in [0.717, 1.165) is 18.9 Å². The zero-order chi connectivity index (χ0) is 15.6. The average molecular weight is 297 g/mol. The largest absolute Gasteiger partial charge is 0.494 e. The van der Waals surface area contributed by atoms with Crippen LogP contribution in [0.15, 0.2) is 12.1 Å². The van der Waals surface area contributed by atoms with Gasteiger partial charge in [0.2, 0.25) is 0 Å². The summed E-state index contributed by atoms with van der Waals surface area (Å²) >= 11 is 0. The van der Waals surface area contributed by atoms with Crippen molar-refractivity contribution in [3.8, 4) is 5.75 Å². The lowest BCUT2D eigenvalue weighted by atomic mass is 9.90. The van der Waals surface area contributed by atoms with Gasteiger partial charge in [0.15, 0.2) is 11.6 Å². The van der Waals surface area contributed by atoms with Crippen molar-refractivity contribution in [3.63, 3.8) is 0 Å². The molecule has 1 aliphatic heterocycles. The molecule has 21 heavy (non-hydrogen) atoms. The molecule has 1 aliphatic rings. The molecule has 1 aromatic carbocycles. The lowest BCUT2D eigenvalue weighted by Gasteiger charge is -2.40. The standard InChI is InChI=1S/C14H20FN3O3/c1-9-4-3-5-17(13(9)8-16)11-7-14(21-2)10(15)6-12(11)18(19)20/h6-7,9,13H,3-5,8,16H2,1-2H3. The topological polar surface area (TPSA) is 81.6 Å². The molecule has 7 heteroatoms. The molecule has 1 heterocycles. The molecular formula is C14H20FN3O3. The molecule has 0 aliphatic carbocycles. The third kappa shape index (κ3) is 2.92. The van der Waals surface area contributed by atoms with Crippen LogP contribution in [0, 0.1) is 21.8 Å². The van der Waals surface area contributed by atoms with Gasteiger partial charge in [-0.05, 0) is 18.8 Å². The van der Waals surface area contributed by atoms with Gasteiger partial charge < -0.3 is 15.4 Å². The number of rotatable bonds is 4. The van der Waals surface area contributed by atoms with E-state index in [9.17, 15) is 14.5 Å². The van der Waals surface area contributed by atoms with Crippen molar-refractivity contribution in [2.45, 2.75) is 25.8 Å². The highest BCUT2D eigenvalue weighted by molar-refractivity contribution is 5.67. The number of nitro groups is 1. The summed E-state index contributed by atoms with van der Waals surface area (Å²) in [7, 11) is 1.34. The van der Waals surface area contributed by atoms with Gasteiger partial charge in [-0.3, -0.25) is 10.1 Å². The molecule has 0 aromatic heterocycles. The molecule has 1 saturated heterocycles. The van der Waals surface area contributed by atoms with Crippen LogP contribution >= 0.6 is 0 Å². The molecule has 0 amide bonds. The normalized spacial score (nSPS) is 22.2. The summed E-state index contributed by atoms with van der Waals surface area (Å²) in [5.74, 6) is -0.397. The highest BCUT2D eigenvalue weighted by atomic mass is 19.1. The van der Waals surface area contributed by atoms with Crippen molar-refractivity contribution in [1.29, 1.82) is 0 Å². The number of ether oxygens (including phenoxy) is 1. The van der Waals surface area contributed by atoms with E-state index in [1.54, 1.807) is 0 Å². The van der Waals surface area contributed by atoms with E-state index in [-0.39, 0.29) is 17.5 Å². The molecule has 1 fully saturated rings. The Morgan fingerprint density at radius 2 is 2.29 bits per heavy atom. The van der Waals surface area contributed by atoms with E-state index in [0.29, 0.717) is 24.7 Å². The van der Waals surface area contributed by atoms with Crippen LogP contribution in [-0.4, -0.2) is 31.2 Å². The van der Waals surface area contributed by atoms with E-state index >= 15 is 0 Å². The summed E-state index contributed by atoms with van der Waals surface area (Å²) in [5.41, 5.74) is 5.96. The molecule has 0 radical (unpaired) electrons. The van der Waals surface area contributed by atoms with Gasteiger partial charge in [-0.2, -0.15) is 0 Å². The van der Waals surface area contributed by atoms with E-state index in [2.05, 4.69) is 6.92 Å². The van der Waals surface area contributed by atoms with E-state index in [1.165, 1.54) is 13.2 Å². The lowest BCUT2D eigenvalue weighted by Crippen LogP contribution is -2.49. The highest BCUT2D eigenvalue weighted by Crippen LogP contribution is 2.38. The number of hydrogen-bond donors (Lipinski definition) is 1. The van der Waals surface area contributed by atoms with Gasteiger partial charge >= 0.3 is 0 Å². The summed E-state index contributed by atoms with van der Waals surface area (Å²) in [4.78, 5) is 12.6. The SMILES string of the molecule is COc1cc(N2CCCC(C)C2CN)c([N+](=O)[O-])cc1F. The first-order chi connectivity index (χ1) is 9.99. The zero-order valence-corrected chi connectivity index (χ0v) is 12.2. The molecule has 0 spiro atoms. The molecule has 116 valence electrons. The molecule has 1 aromatic rings. The Morgan fingerprint density at radius 3 is 2.86 bits per heavy atom. The van der Waals surface area contributed by atoms with E-state index < -0.39 is 10.7 Å². The van der Waals surface area contributed by atoms with Gasteiger partial charge in [0.1, 0.15) is 5.69 Å². The summed E-state index contributed by atoms with van der Waals surface area (Å²) in [6.07, 6.45) is 1.96. The van der Waals surface area contributed by atoms with E-state index in [1.807, 2.05) is 4.90 Å². The molecule has 2 unspecified atom stereocenters. The fourth-order valence-corrected chi connectivity index (χ4v) is 2.97. The Bertz CT molecular complexity index is 538. The van der Waals surface area contributed by atoms with Gasteiger partial charge in [0.05, 0.1) is 18.1 Å². The maximum Gasteiger partial charge on any atom is 0.295 e. The smallest absolute Gasteiger partial charge is 0.295 e. The van der Waals surface area contributed by atoms with Crippen LogP contribution in [0.5, 0.6) is 5.75 Å². The number of nitro benzene ring substituents is 1. The number of methoxy groups -OCH3 is 1. The molecule has 2 rings (SSSR count).